The highest BCUT2D eigenvalue weighted by Gasteiger charge is 2.25. The Morgan fingerprint density at radius 3 is 2.56 bits per heavy atom. The van der Waals surface area contributed by atoms with E-state index >= 15 is 0 Å². The van der Waals surface area contributed by atoms with Crippen molar-refractivity contribution in [3.8, 4) is 22.8 Å². The number of nitrogens with zero attached hydrogens (tertiary/aromatic N) is 6. The number of nitrogens with one attached hydrogen (secondary N) is 1. The van der Waals surface area contributed by atoms with E-state index in [9.17, 15) is 4.79 Å². The summed E-state index contributed by atoms with van der Waals surface area (Å²) in [6, 6.07) is 14.2. The quantitative estimate of drug-likeness (QED) is 0.287. The third-order valence-electron chi connectivity index (χ3n) is 4.77. The summed E-state index contributed by atoms with van der Waals surface area (Å²) in [4.78, 5) is 13.0. The standard InChI is InChI=1S/C22H21ClN8O3/c1-3-12-33-17-10-6-15(7-11-17)19-18(26-30-31(19)21-20(24)28-34-29-21)22(32)27-25-13(2)14-4-8-16(23)9-5-14/h4-11H,3,12H2,1-2H3,(H2,24,28)(H,27,32). The Kier molecular flexibility index (Phi) is 6.83. The van der Waals surface area contributed by atoms with Gasteiger partial charge in [0.25, 0.3) is 5.91 Å². The Labute approximate surface area is 199 Å². The number of aromatic nitrogens is 5. The minimum absolute atomic E-state index is 0.00221. The molecule has 11 nitrogen and oxygen atoms in total. The maximum Gasteiger partial charge on any atom is 0.294 e. The second-order valence-electron chi connectivity index (χ2n) is 7.19. The lowest BCUT2D eigenvalue weighted by Crippen LogP contribution is -2.21. The van der Waals surface area contributed by atoms with Gasteiger partial charge in [-0.1, -0.05) is 35.9 Å². The van der Waals surface area contributed by atoms with Crippen LogP contribution in [0.5, 0.6) is 5.75 Å². The fourth-order valence-corrected chi connectivity index (χ4v) is 3.18. The number of hydrogen-bond donors (Lipinski definition) is 2. The van der Waals surface area contributed by atoms with Gasteiger partial charge in [0.1, 0.15) is 11.4 Å². The summed E-state index contributed by atoms with van der Waals surface area (Å²) < 4.78 is 11.6. The first-order chi connectivity index (χ1) is 16.5. The molecule has 1 amide bonds. The number of carbonyl (C=O) groups is 1. The van der Waals surface area contributed by atoms with Crippen LogP contribution >= 0.6 is 11.6 Å². The average molecular weight is 481 g/mol. The fraction of sp³-hybridized carbons (Fsp3) is 0.182. The van der Waals surface area contributed by atoms with Gasteiger partial charge in [-0.05, 0) is 65.6 Å². The van der Waals surface area contributed by atoms with E-state index in [2.05, 4.69) is 31.2 Å². The van der Waals surface area contributed by atoms with Gasteiger partial charge in [-0.15, -0.1) is 5.10 Å². The Morgan fingerprint density at radius 2 is 1.91 bits per heavy atom. The Bertz CT molecular complexity index is 1310. The molecule has 0 unspecified atom stereocenters. The van der Waals surface area contributed by atoms with Crippen LogP contribution in [0.25, 0.3) is 17.1 Å². The molecule has 0 radical (unpaired) electrons. The van der Waals surface area contributed by atoms with Gasteiger partial charge in [0.05, 0.1) is 12.3 Å². The lowest BCUT2D eigenvalue weighted by molar-refractivity contribution is 0.0950. The number of halogens is 1. The molecule has 0 bridgehead atoms. The molecule has 3 N–H and O–H groups in total. The van der Waals surface area contributed by atoms with Gasteiger partial charge in [0, 0.05) is 10.6 Å². The van der Waals surface area contributed by atoms with Gasteiger partial charge in [0.15, 0.2) is 5.69 Å². The molecule has 0 atom stereocenters. The molecule has 34 heavy (non-hydrogen) atoms. The largest absolute Gasteiger partial charge is 0.494 e. The van der Waals surface area contributed by atoms with Crippen molar-refractivity contribution in [3.05, 3.63) is 64.8 Å². The van der Waals surface area contributed by atoms with Gasteiger partial charge in [-0.2, -0.15) is 9.78 Å². The zero-order valence-corrected chi connectivity index (χ0v) is 19.2. The van der Waals surface area contributed by atoms with Crippen LogP contribution < -0.4 is 15.9 Å². The molecule has 0 aliphatic carbocycles. The third-order valence-corrected chi connectivity index (χ3v) is 5.02. The molecule has 0 aliphatic heterocycles. The number of anilines is 1. The molecule has 2 aromatic carbocycles. The summed E-state index contributed by atoms with van der Waals surface area (Å²) >= 11 is 5.93. The van der Waals surface area contributed by atoms with Gasteiger partial charge in [0.2, 0.25) is 11.6 Å². The SMILES string of the molecule is CCCOc1ccc(-c2c(C(=O)NN=C(C)c3ccc(Cl)cc3)nnn2-c2nonc2N)cc1. The lowest BCUT2D eigenvalue weighted by Gasteiger charge is -2.08. The molecular weight excluding hydrogens is 460 g/mol. The van der Waals surface area contributed by atoms with Crippen LogP contribution in [0.1, 0.15) is 36.3 Å². The monoisotopic (exact) mass is 480 g/mol. The van der Waals surface area contributed by atoms with Gasteiger partial charge in [-0.3, -0.25) is 4.79 Å². The summed E-state index contributed by atoms with van der Waals surface area (Å²) in [5.74, 6) is 0.226. The van der Waals surface area contributed by atoms with E-state index in [0.717, 1.165) is 12.0 Å². The highest BCUT2D eigenvalue weighted by Crippen LogP contribution is 2.28. The fourth-order valence-electron chi connectivity index (χ4n) is 3.05. The first kappa shape index (κ1) is 22.9. The minimum Gasteiger partial charge on any atom is -0.494 e. The van der Waals surface area contributed by atoms with Crippen molar-refractivity contribution in [1.82, 2.24) is 30.7 Å². The predicted molar refractivity (Wildman–Crippen MR) is 126 cm³/mol. The Hall–Kier alpha value is -4.25. The van der Waals surface area contributed by atoms with E-state index in [0.29, 0.717) is 34.3 Å². The van der Waals surface area contributed by atoms with Crippen LogP contribution in [0, 0.1) is 0 Å². The first-order valence-electron chi connectivity index (χ1n) is 10.4. The number of amides is 1. The molecule has 174 valence electrons. The molecule has 4 rings (SSSR count). The molecule has 0 spiro atoms. The number of carbonyl (C=O) groups excluding carboxylic acids is 1. The molecule has 4 aromatic rings. The number of ether oxygens (including phenoxy) is 1. The molecule has 0 saturated carbocycles. The second kappa shape index (κ2) is 10.1. The molecular formula is C22H21ClN8O3. The number of rotatable bonds is 8. The van der Waals surface area contributed by atoms with Crippen molar-refractivity contribution >= 4 is 29.0 Å². The normalized spacial score (nSPS) is 11.4. The smallest absolute Gasteiger partial charge is 0.294 e. The van der Waals surface area contributed by atoms with E-state index < -0.39 is 5.91 Å². The summed E-state index contributed by atoms with van der Waals surface area (Å²) in [7, 11) is 0. The molecule has 0 saturated heterocycles. The number of nitrogen functional groups attached to an aromatic ring is 1. The number of hydrazone groups is 1. The summed E-state index contributed by atoms with van der Waals surface area (Å²) in [6.07, 6.45) is 0.886. The van der Waals surface area contributed by atoms with E-state index in [-0.39, 0.29) is 17.3 Å². The highest BCUT2D eigenvalue weighted by molar-refractivity contribution is 6.30. The molecule has 0 aliphatic rings. The van der Waals surface area contributed by atoms with Crippen molar-refractivity contribution < 1.29 is 14.2 Å². The maximum absolute atomic E-state index is 13.0. The van der Waals surface area contributed by atoms with Crippen LogP contribution in [0.15, 0.2) is 58.3 Å². The van der Waals surface area contributed by atoms with E-state index in [1.165, 1.54) is 4.68 Å². The zero-order chi connectivity index (χ0) is 24.1. The van der Waals surface area contributed by atoms with Crippen molar-refractivity contribution in [2.45, 2.75) is 20.3 Å². The van der Waals surface area contributed by atoms with Crippen molar-refractivity contribution in [2.75, 3.05) is 12.3 Å². The van der Waals surface area contributed by atoms with Crippen LogP contribution in [0.4, 0.5) is 5.82 Å². The van der Waals surface area contributed by atoms with Crippen LogP contribution in [-0.4, -0.2) is 43.5 Å². The van der Waals surface area contributed by atoms with Crippen molar-refractivity contribution in [3.63, 3.8) is 0 Å². The topological polar surface area (TPSA) is 146 Å². The number of hydrogen-bond acceptors (Lipinski definition) is 9. The van der Waals surface area contributed by atoms with Crippen LogP contribution in [0.2, 0.25) is 5.02 Å². The third kappa shape index (κ3) is 4.89. The maximum atomic E-state index is 13.0. The van der Waals surface area contributed by atoms with Crippen molar-refractivity contribution in [1.29, 1.82) is 0 Å². The second-order valence-corrected chi connectivity index (χ2v) is 7.63. The van der Waals surface area contributed by atoms with Gasteiger partial charge in [-0.25, -0.2) is 10.1 Å². The van der Waals surface area contributed by atoms with E-state index in [1.54, 1.807) is 55.5 Å². The first-order valence-corrected chi connectivity index (χ1v) is 10.7. The van der Waals surface area contributed by atoms with Gasteiger partial charge >= 0.3 is 0 Å². The summed E-state index contributed by atoms with van der Waals surface area (Å²) in [5, 5.41) is 20.2. The van der Waals surface area contributed by atoms with E-state index in [1.807, 2.05) is 6.92 Å². The van der Waals surface area contributed by atoms with E-state index in [4.69, 9.17) is 26.7 Å². The Balaban J connectivity index is 1.67. The number of nitrogens with two attached hydrogens (primary N) is 1. The lowest BCUT2D eigenvalue weighted by atomic mass is 10.1. The average Bonchev–Trinajstić information content (AvgIpc) is 3.47. The minimum atomic E-state index is -0.573. The van der Waals surface area contributed by atoms with Gasteiger partial charge < -0.3 is 10.5 Å². The number of benzene rings is 2. The summed E-state index contributed by atoms with van der Waals surface area (Å²) in [6.45, 7) is 4.38. The highest BCUT2D eigenvalue weighted by atomic mass is 35.5. The van der Waals surface area contributed by atoms with Crippen molar-refractivity contribution in [2.24, 2.45) is 5.10 Å². The molecule has 0 fully saturated rings. The predicted octanol–water partition coefficient (Wildman–Crippen LogP) is 3.50. The molecule has 2 heterocycles. The molecule has 2 aromatic heterocycles. The summed E-state index contributed by atoms with van der Waals surface area (Å²) in [5.41, 5.74) is 10.7. The molecule has 12 heteroatoms. The van der Waals surface area contributed by atoms with Crippen LogP contribution in [-0.2, 0) is 0 Å². The zero-order valence-electron chi connectivity index (χ0n) is 18.4. The van der Waals surface area contributed by atoms with Crippen LogP contribution in [0.3, 0.4) is 0 Å². The Morgan fingerprint density at radius 1 is 1.18 bits per heavy atom.